The maximum absolute atomic E-state index is 2.32. The SMILES string of the molecule is CC/C=C\CCC1CC1. The summed E-state index contributed by atoms with van der Waals surface area (Å²) >= 11 is 0. The van der Waals surface area contributed by atoms with Crippen LogP contribution in [0.5, 0.6) is 0 Å². The molecule has 0 N–H and O–H groups in total. The highest BCUT2D eigenvalue weighted by molar-refractivity contribution is 4.83. The summed E-state index contributed by atoms with van der Waals surface area (Å²) in [5.41, 5.74) is 0. The van der Waals surface area contributed by atoms with Crippen molar-refractivity contribution >= 4 is 0 Å². The summed E-state index contributed by atoms with van der Waals surface area (Å²) in [6, 6.07) is 0. The Balaban J connectivity index is 1.85. The third kappa shape index (κ3) is 3.34. The fraction of sp³-hybridized carbons (Fsp3) is 0.778. The van der Waals surface area contributed by atoms with Gasteiger partial charge < -0.3 is 0 Å². The Bertz CT molecular complexity index is 88.2. The number of hydrogen-bond donors (Lipinski definition) is 0. The van der Waals surface area contributed by atoms with Crippen LogP contribution >= 0.6 is 0 Å². The van der Waals surface area contributed by atoms with Gasteiger partial charge in [0.15, 0.2) is 0 Å². The van der Waals surface area contributed by atoms with Gasteiger partial charge in [-0.05, 0) is 25.2 Å². The molecule has 0 aliphatic heterocycles. The van der Waals surface area contributed by atoms with E-state index in [1.165, 1.54) is 32.1 Å². The van der Waals surface area contributed by atoms with E-state index >= 15 is 0 Å². The van der Waals surface area contributed by atoms with E-state index in [0.717, 1.165) is 5.92 Å². The van der Waals surface area contributed by atoms with Crippen molar-refractivity contribution < 1.29 is 0 Å². The van der Waals surface area contributed by atoms with Gasteiger partial charge in [-0.1, -0.05) is 31.9 Å². The van der Waals surface area contributed by atoms with Crippen molar-refractivity contribution in [1.29, 1.82) is 0 Å². The summed E-state index contributed by atoms with van der Waals surface area (Å²) in [6.45, 7) is 2.19. The van der Waals surface area contributed by atoms with Crippen LogP contribution in [0.1, 0.15) is 39.0 Å². The van der Waals surface area contributed by atoms with Crippen LogP contribution in [0.15, 0.2) is 12.2 Å². The molecule has 1 aliphatic carbocycles. The van der Waals surface area contributed by atoms with Crippen molar-refractivity contribution in [2.75, 3.05) is 0 Å². The molecule has 0 atom stereocenters. The summed E-state index contributed by atoms with van der Waals surface area (Å²) < 4.78 is 0. The molecular weight excluding hydrogens is 108 g/mol. The van der Waals surface area contributed by atoms with Crippen LogP contribution in [0.2, 0.25) is 0 Å². The first-order chi connectivity index (χ1) is 4.43. The predicted molar refractivity (Wildman–Crippen MR) is 41.4 cm³/mol. The second kappa shape index (κ2) is 3.71. The summed E-state index contributed by atoms with van der Waals surface area (Å²) in [5, 5.41) is 0. The number of allylic oxidation sites excluding steroid dienone is 2. The topological polar surface area (TPSA) is 0 Å². The van der Waals surface area contributed by atoms with Crippen LogP contribution in [0, 0.1) is 5.92 Å². The lowest BCUT2D eigenvalue weighted by Gasteiger charge is -1.87. The van der Waals surface area contributed by atoms with Crippen LogP contribution < -0.4 is 0 Å². The van der Waals surface area contributed by atoms with Crippen molar-refractivity contribution in [3.8, 4) is 0 Å². The molecule has 52 valence electrons. The molecule has 0 radical (unpaired) electrons. The zero-order chi connectivity index (χ0) is 6.53. The maximum atomic E-state index is 2.32. The van der Waals surface area contributed by atoms with Crippen LogP contribution in [0.4, 0.5) is 0 Å². The van der Waals surface area contributed by atoms with Gasteiger partial charge in [0.2, 0.25) is 0 Å². The van der Waals surface area contributed by atoms with Gasteiger partial charge in [-0.3, -0.25) is 0 Å². The Hall–Kier alpha value is -0.260. The molecule has 0 nitrogen and oxygen atoms in total. The van der Waals surface area contributed by atoms with Crippen molar-refractivity contribution in [2.24, 2.45) is 5.92 Å². The van der Waals surface area contributed by atoms with Crippen LogP contribution in [0.25, 0.3) is 0 Å². The van der Waals surface area contributed by atoms with Crippen molar-refractivity contribution in [3.63, 3.8) is 0 Å². The van der Waals surface area contributed by atoms with Crippen molar-refractivity contribution in [2.45, 2.75) is 39.0 Å². The van der Waals surface area contributed by atoms with Gasteiger partial charge in [0.25, 0.3) is 0 Å². The third-order valence-corrected chi connectivity index (χ3v) is 1.84. The van der Waals surface area contributed by atoms with E-state index in [9.17, 15) is 0 Å². The third-order valence-electron chi connectivity index (χ3n) is 1.84. The molecule has 0 saturated heterocycles. The Morgan fingerprint density at radius 1 is 1.33 bits per heavy atom. The molecular formula is C9H16. The van der Waals surface area contributed by atoms with Gasteiger partial charge in [-0.25, -0.2) is 0 Å². The van der Waals surface area contributed by atoms with Crippen LogP contribution in [-0.2, 0) is 0 Å². The summed E-state index contributed by atoms with van der Waals surface area (Å²) in [4.78, 5) is 0. The molecule has 0 bridgehead atoms. The summed E-state index contributed by atoms with van der Waals surface area (Å²) in [7, 11) is 0. The van der Waals surface area contributed by atoms with E-state index in [2.05, 4.69) is 19.1 Å². The minimum atomic E-state index is 1.10. The fourth-order valence-electron chi connectivity index (χ4n) is 1.02. The van der Waals surface area contributed by atoms with E-state index in [1.807, 2.05) is 0 Å². The smallest absolute Gasteiger partial charge is 0.0348 e. The highest BCUT2D eigenvalue weighted by Crippen LogP contribution is 2.33. The second-order valence-corrected chi connectivity index (χ2v) is 2.90. The Labute approximate surface area is 58.0 Å². The first kappa shape index (κ1) is 6.85. The van der Waals surface area contributed by atoms with Crippen molar-refractivity contribution in [1.82, 2.24) is 0 Å². The predicted octanol–water partition coefficient (Wildman–Crippen LogP) is 3.14. The van der Waals surface area contributed by atoms with Gasteiger partial charge in [-0.2, -0.15) is 0 Å². The average Bonchev–Trinajstić information content (AvgIpc) is 2.63. The average molecular weight is 124 g/mol. The molecule has 1 rings (SSSR count). The van der Waals surface area contributed by atoms with Gasteiger partial charge in [0.1, 0.15) is 0 Å². The Kier molecular flexibility index (Phi) is 2.82. The van der Waals surface area contributed by atoms with E-state index in [0.29, 0.717) is 0 Å². The molecule has 1 saturated carbocycles. The Morgan fingerprint density at radius 3 is 2.67 bits per heavy atom. The van der Waals surface area contributed by atoms with E-state index in [1.54, 1.807) is 0 Å². The summed E-state index contributed by atoms with van der Waals surface area (Å²) in [5.74, 6) is 1.10. The van der Waals surface area contributed by atoms with E-state index < -0.39 is 0 Å². The largest absolute Gasteiger partial charge is 0.0888 e. The molecule has 0 heteroatoms. The normalized spacial score (nSPS) is 19.2. The molecule has 0 aromatic rings. The van der Waals surface area contributed by atoms with Crippen LogP contribution in [-0.4, -0.2) is 0 Å². The zero-order valence-electron chi connectivity index (χ0n) is 6.27. The first-order valence-corrected chi connectivity index (χ1v) is 4.08. The van der Waals surface area contributed by atoms with Crippen LogP contribution in [0.3, 0.4) is 0 Å². The monoisotopic (exact) mass is 124 g/mol. The second-order valence-electron chi connectivity index (χ2n) is 2.90. The molecule has 1 fully saturated rings. The van der Waals surface area contributed by atoms with E-state index in [-0.39, 0.29) is 0 Å². The fourth-order valence-corrected chi connectivity index (χ4v) is 1.02. The molecule has 0 aromatic heterocycles. The summed E-state index contributed by atoms with van der Waals surface area (Å²) in [6.07, 6.45) is 11.5. The van der Waals surface area contributed by atoms with Gasteiger partial charge in [-0.15, -0.1) is 0 Å². The molecule has 0 aromatic carbocycles. The number of hydrogen-bond acceptors (Lipinski definition) is 0. The van der Waals surface area contributed by atoms with Gasteiger partial charge in [0, 0.05) is 0 Å². The molecule has 0 amide bonds. The first-order valence-electron chi connectivity index (χ1n) is 4.08. The number of rotatable bonds is 4. The zero-order valence-corrected chi connectivity index (χ0v) is 6.27. The van der Waals surface area contributed by atoms with Crippen molar-refractivity contribution in [3.05, 3.63) is 12.2 Å². The highest BCUT2D eigenvalue weighted by atomic mass is 14.2. The van der Waals surface area contributed by atoms with E-state index in [4.69, 9.17) is 0 Å². The molecule has 0 heterocycles. The lowest BCUT2D eigenvalue weighted by Crippen LogP contribution is -1.71. The lowest BCUT2D eigenvalue weighted by atomic mass is 10.2. The quantitative estimate of drug-likeness (QED) is 0.505. The van der Waals surface area contributed by atoms with Gasteiger partial charge >= 0.3 is 0 Å². The lowest BCUT2D eigenvalue weighted by molar-refractivity contribution is 0.740. The molecule has 1 aliphatic rings. The van der Waals surface area contributed by atoms with Gasteiger partial charge in [0.05, 0.1) is 0 Å². The Morgan fingerprint density at radius 2 is 2.11 bits per heavy atom. The minimum Gasteiger partial charge on any atom is -0.0888 e. The molecule has 0 spiro atoms. The maximum Gasteiger partial charge on any atom is -0.0348 e. The molecule has 9 heavy (non-hydrogen) atoms. The minimum absolute atomic E-state index is 1.10. The molecule has 0 unspecified atom stereocenters. The standard InChI is InChI=1S/C9H16/c1-2-3-4-5-6-9-7-8-9/h3-4,9H,2,5-8H2,1H3/b4-3-. The highest BCUT2D eigenvalue weighted by Gasteiger charge is 2.19.